The Balaban J connectivity index is 1.56. The maximum absolute atomic E-state index is 15.1. The van der Waals surface area contributed by atoms with Gasteiger partial charge in [0, 0.05) is 11.1 Å². The molecule has 0 saturated heterocycles. The van der Waals surface area contributed by atoms with E-state index in [9.17, 15) is 14.4 Å². The summed E-state index contributed by atoms with van der Waals surface area (Å²) in [6.07, 6.45) is -2.41. The van der Waals surface area contributed by atoms with Gasteiger partial charge in [-0.2, -0.15) is 0 Å². The van der Waals surface area contributed by atoms with E-state index in [2.05, 4.69) is 10.3 Å². The predicted molar refractivity (Wildman–Crippen MR) is 156 cm³/mol. The number of fused-ring (bicyclic) bond motifs is 1. The van der Waals surface area contributed by atoms with E-state index < -0.39 is 29.8 Å². The van der Waals surface area contributed by atoms with Gasteiger partial charge >= 0.3 is 6.09 Å². The minimum absolute atomic E-state index is 0.0349. The molecule has 0 aromatic heterocycles. The highest BCUT2D eigenvalue weighted by Gasteiger charge is 2.36. The number of nitrogens with one attached hydrogen (secondary N) is 1. The van der Waals surface area contributed by atoms with Crippen LogP contribution in [0.4, 0.5) is 14.9 Å². The summed E-state index contributed by atoms with van der Waals surface area (Å²) in [6.45, 7) is 1.37. The number of methoxy groups -OCH3 is 1. The fraction of sp³-hybridized carbons (Fsp3) is 0.152. The molecule has 1 unspecified atom stereocenters. The van der Waals surface area contributed by atoms with Crippen molar-refractivity contribution in [3.05, 3.63) is 131 Å². The lowest BCUT2D eigenvalue weighted by atomic mass is 9.97. The second-order valence-electron chi connectivity index (χ2n) is 9.59. The Morgan fingerprint density at radius 2 is 1.60 bits per heavy atom. The second kappa shape index (κ2) is 12.5. The average Bonchev–Trinajstić information content (AvgIpc) is 3.12. The van der Waals surface area contributed by atoms with E-state index in [1.807, 2.05) is 18.2 Å². The molecule has 1 N–H and O–H groups in total. The number of benzene rings is 4. The first-order valence-corrected chi connectivity index (χ1v) is 13.2. The van der Waals surface area contributed by atoms with Crippen molar-refractivity contribution in [2.24, 2.45) is 4.99 Å². The molecule has 0 fully saturated rings. The first-order chi connectivity index (χ1) is 20.4. The quantitative estimate of drug-likeness (QED) is 0.286. The number of amides is 2. The maximum Gasteiger partial charge on any atom is 0.409 e. The van der Waals surface area contributed by atoms with Gasteiger partial charge in [-0.15, -0.1) is 0 Å². The smallest absolute Gasteiger partial charge is 0.409 e. The number of aliphatic imine (C=N–C) groups is 1. The molecule has 8 nitrogen and oxygen atoms in total. The topological polar surface area (TPSA) is 97.3 Å². The van der Waals surface area contributed by atoms with Gasteiger partial charge in [-0.25, -0.2) is 14.2 Å². The summed E-state index contributed by atoms with van der Waals surface area (Å²) in [5.74, 6) is -1.27. The molecule has 4 aromatic carbocycles. The minimum Gasteiger partial charge on any atom is -0.496 e. The number of ketones is 1. The number of hydrogen-bond acceptors (Lipinski definition) is 6. The molecule has 1 atom stereocenters. The summed E-state index contributed by atoms with van der Waals surface area (Å²) in [4.78, 5) is 46.4. The SMILES string of the molecule is COc1ccccc1C(=O)CN1C(=O)C(NC(=O)OCc2ccccc2)N=C(c2ccccc2F)c2cccc(C)c21. The number of halogens is 1. The Morgan fingerprint density at radius 1 is 0.905 bits per heavy atom. The molecule has 1 heterocycles. The van der Waals surface area contributed by atoms with Crippen LogP contribution >= 0.6 is 0 Å². The Kier molecular flexibility index (Phi) is 8.38. The number of rotatable bonds is 8. The van der Waals surface area contributed by atoms with Gasteiger partial charge in [0.1, 0.15) is 18.2 Å². The summed E-state index contributed by atoms with van der Waals surface area (Å²) >= 11 is 0. The zero-order valence-corrected chi connectivity index (χ0v) is 23.0. The number of alkyl carbamates (subject to hydrolysis) is 1. The summed E-state index contributed by atoms with van der Waals surface area (Å²) in [7, 11) is 1.46. The minimum atomic E-state index is -1.51. The van der Waals surface area contributed by atoms with Gasteiger partial charge in [-0.05, 0) is 42.3 Å². The van der Waals surface area contributed by atoms with E-state index >= 15 is 4.39 Å². The van der Waals surface area contributed by atoms with E-state index in [0.717, 1.165) is 5.56 Å². The van der Waals surface area contributed by atoms with Crippen LogP contribution in [-0.4, -0.2) is 43.3 Å². The lowest BCUT2D eigenvalue weighted by molar-refractivity contribution is -0.120. The summed E-state index contributed by atoms with van der Waals surface area (Å²) < 4.78 is 25.9. The molecular formula is C33H28FN3O5. The highest BCUT2D eigenvalue weighted by molar-refractivity contribution is 6.22. The Labute approximate surface area is 242 Å². The molecule has 9 heteroatoms. The third kappa shape index (κ3) is 5.90. The zero-order chi connectivity index (χ0) is 29.6. The van der Waals surface area contributed by atoms with Crippen molar-refractivity contribution in [3.63, 3.8) is 0 Å². The monoisotopic (exact) mass is 565 g/mol. The van der Waals surface area contributed by atoms with Gasteiger partial charge in [0.05, 0.1) is 30.6 Å². The molecule has 1 aliphatic rings. The first-order valence-electron chi connectivity index (χ1n) is 13.2. The van der Waals surface area contributed by atoms with Crippen molar-refractivity contribution in [3.8, 4) is 5.75 Å². The zero-order valence-electron chi connectivity index (χ0n) is 23.0. The van der Waals surface area contributed by atoms with Crippen molar-refractivity contribution in [2.75, 3.05) is 18.6 Å². The van der Waals surface area contributed by atoms with Crippen molar-refractivity contribution in [1.82, 2.24) is 5.32 Å². The van der Waals surface area contributed by atoms with Gasteiger partial charge in [-0.3, -0.25) is 14.9 Å². The number of nitrogens with zero attached hydrogens (tertiary/aromatic N) is 2. The standard InChI is InChI=1S/C33H28FN3O5/c1-21-11-10-16-25-29(23-14-6-8-17-26(23)34)35-31(36-33(40)42-20-22-12-4-3-5-13-22)32(39)37(30(21)25)19-27(38)24-15-7-9-18-28(24)41-2/h3-18,31H,19-20H2,1-2H3,(H,36,40). The molecule has 0 bridgehead atoms. The molecule has 2 amide bonds. The van der Waals surface area contributed by atoms with Crippen LogP contribution < -0.4 is 15.0 Å². The highest BCUT2D eigenvalue weighted by atomic mass is 19.1. The van der Waals surface area contributed by atoms with Crippen molar-refractivity contribution in [2.45, 2.75) is 19.7 Å². The fourth-order valence-electron chi connectivity index (χ4n) is 4.82. The number of carbonyl (C=O) groups is 3. The van der Waals surface area contributed by atoms with Crippen molar-refractivity contribution in [1.29, 1.82) is 0 Å². The molecule has 0 spiro atoms. The summed E-state index contributed by atoms with van der Waals surface area (Å²) in [5, 5.41) is 2.52. The lowest BCUT2D eigenvalue weighted by Crippen LogP contribution is -2.49. The van der Waals surface area contributed by atoms with Crippen molar-refractivity contribution < 1.29 is 28.2 Å². The molecule has 0 radical (unpaired) electrons. The van der Waals surface area contributed by atoms with Crippen LogP contribution in [0.15, 0.2) is 102 Å². The van der Waals surface area contributed by atoms with Crippen LogP contribution in [0.25, 0.3) is 0 Å². The van der Waals surface area contributed by atoms with E-state index in [4.69, 9.17) is 9.47 Å². The fourth-order valence-corrected chi connectivity index (χ4v) is 4.82. The Hall–Kier alpha value is -5.31. The second-order valence-corrected chi connectivity index (χ2v) is 9.59. The van der Waals surface area contributed by atoms with Crippen LogP contribution in [0.3, 0.4) is 0 Å². The molecule has 5 rings (SSSR count). The van der Waals surface area contributed by atoms with Gasteiger partial charge in [-0.1, -0.05) is 72.8 Å². The van der Waals surface area contributed by atoms with Gasteiger partial charge in [0.25, 0.3) is 5.91 Å². The van der Waals surface area contributed by atoms with Gasteiger partial charge < -0.3 is 14.4 Å². The van der Waals surface area contributed by atoms with Crippen LogP contribution in [0, 0.1) is 12.7 Å². The number of benzodiazepines with no additional fused rings is 1. The summed E-state index contributed by atoms with van der Waals surface area (Å²) in [5.41, 5.74) is 2.81. The van der Waals surface area contributed by atoms with E-state index in [1.54, 1.807) is 79.7 Å². The van der Waals surface area contributed by atoms with Gasteiger partial charge in [0.2, 0.25) is 6.17 Å². The largest absolute Gasteiger partial charge is 0.496 e. The first kappa shape index (κ1) is 28.2. The maximum atomic E-state index is 15.1. The highest BCUT2D eigenvalue weighted by Crippen LogP contribution is 2.33. The number of ether oxygens (including phenoxy) is 2. The van der Waals surface area contributed by atoms with E-state index in [-0.39, 0.29) is 30.0 Å². The lowest BCUT2D eigenvalue weighted by Gasteiger charge is -2.26. The Morgan fingerprint density at radius 3 is 2.36 bits per heavy atom. The van der Waals surface area contributed by atoms with Crippen LogP contribution in [0.2, 0.25) is 0 Å². The third-order valence-electron chi connectivity index (χ3n) is 6.83. The number of anilines is 1. The molecule has 0 saturated carbocycles. The molecular weight excluding hydrogens is 537 g/mol. The summed E-state index contributed by atoms with van der Waals surface area (Å²) in [6, 6.07) is 27.1. The number of Topliss-reactive ketones (excluding diaryl/α,β-unsaturated/α-hetero) is 1. The molecule has 0 aliphatic carbocycles. The molecule has 4 aromatic rings. The molecule has 42 heavy (non-hydrogen) atoms. The Bertz CT molecular complexity index is 1670. The van der Waals surface area contributed by atoms with E-state index in [0.29, 0.717) is 22.6 Å². The van der Waals surface area contributed by atoms with E-state index in [1.165, 1.54) is 18.1 Å². The number of aryl methyl sites for hydroxylation is 1. The van der Waals surface area contributed by atoms with Crippen molar-refractivity contribution >= 4 is 29.2 Å². The average molecular weight is 566 g/mol. The third-order valence-corrected chi connectivity index (χ3v) is 6.83. The van der Waals surface area contributed by atoms with Gasteiger partial charge in [0.15, 0.2) is 5.78 Å². The molecule has 212 valence electrons. The number of hydrogen-bond donors (Lipinski definition) is 1. The number of para-hydroxylation sites is 2. The predicted octanol–water partition coefficient (Wildman–Crippen LogP) is 5.46. The van der Waals surface area contributed by atoms with Crippen LogP contribution in [-0.2, 0) is 16.1 Å². The number of carbonyl (C=O) groups excluding carboxylic acids is 3. The molecule has 1 aliphatic heterocycles. The van der Waals surface area contributed by atoms with Crippen LogP contribution in [0.1, 0.15) is 32.6 Å². The normalized spacial score (nSPS) is 14.4. The van der Waals surface area contributed by atoms with Crippen LogP contribution in [0.5, 0.6) is 5.75 Å².